The van der Waals surface area contributed by atoms with E-state index < -0.39 is 0 Å². The van der Waals surface area contributed by atoms with E-state index in [0.717, 1.165) is 18.8 Å². The van der Waals surface area contributed by atoms with E-state index >= 15 is 0 Å². The van der Waals surface area contributed by atoms with Gasteiger partial charge in [0.25, 0.3) is 0 Å². The van der Waals surface area contributed by atoms with E-state index in [-0.39, 0.29) is 0 Å². The Balaban J connectivity index is 1.88. The number of nitrogen functional groups attached to an aromatic ring is 1. The summed E-state index contributed by atoms with van der Waals surface area (Å²) < 4.78 is 16.0. The standard InChI is InChI=1S/C16H21N5O3/c1-22-11-3-4-12(13(9-11)23-2)20-15-14(17)16(19-10-18-15)21-5-7-24-8-6-21/h3-4,9-10H,5-8,17H2,1-2H3,(H,18,19,20). The third-order valence-corrected chi connectivity index (χ3v) is 3.84. The van der Waals surface area contributed by atoms with Gasteiger partial charge in [-0.2, -0.15) is 0 Å². The maximum atomic E-state index is 6.27. The fourth-order valence-corrected chi connectivity index (χ4v) is 2.54. The number of methoxy groups -OCH3 is 2. The Morgan fingerprint density at radius 3 is 2.67 bits per heavy atom. The van der Waals surface area contributed by atoms with Crippen LogP contribution in [0.1, 0.15) is 0 Å². The van der Waals surface area contributed by atoms with Crippen LogP contribution in [0.15, 0.2) is 24.5 Å². The number of benzene rings is 1. The molecule has 1 saturated heterocycles. The zero-order valence-corrected chi connectivity index (χ0v) is 13.8. The topological polar surface area (TPSA) is 94.8 Å². The Hall–Kier alpha value is -2.74. The van der Waals surface area contributed by atoms with Gasteiger partial charge in [0.05, 0.1) is 33.1 Å². The minimum absolute atomic E-state index is 0.497. The van der Waals surface area contributed by atoms with Crippen LogP contribution in [-0.4, -0.2) is 50.5 Å². The summed E-state index contributed by atoms with van der Waals surface area (Å²) >= 11 is 0. The van der Waals surface area contributed by atoms with Gasteiger partial charge in [-0.1, -0.05) is 0 Å². The molecule has 0 radical (unpaired) electrons. The predicted molar refractivity (Wildman–Crippen MR) is 92.3 cm³/mol. The van der Waals surface area contributed by atoms with Gasteiger partial charge in [-0.05, 0) is 12.1 Å². The van der Waals surface area contributed by atoms with Crippen molar-refractivity contribution in [3.8, 4) is 11.5 Å². The van der Waals surface area contributed by atoms with Crippen LogP contribution < -0.4 is 25.4 Å². The van der Waals surface area contributed by atoms with Crippen molar-refractivity contribution in [3.63, 3.8) is 0 Å². The largest absolute Gasteiger partial charge is 0.497 e. The van der Waals surface area contributed by atoms with Gasteiger partial charge in [0, 0.05) is 19.2 Å². The van der Waals surface area contributed by atoms with E-state index in [1.165, 1.54) is 6.33 Å². The SMILES string of the molecule is COc1ccc(Nc2ncnc(N3CCOCC3)c2N)c(OC)c1. The lowest BCUT2D eigenvalue weighted by Crippen LogP contribution is -2.37. The summed E-state index contributed by atoms with van der Waals surface area (Å²) in [6, 6.07) is 5.49. The lowest BCUT2D eigenvalue weighted by Gasteiger charge is -2.29. The molecule has 0 bridgehead atoms. The molecule has 0 aliphatic carbocycles. The van der Waals surface area contributed by atoms with Crippen molar-refractivity contribution in [2.45, 2.75) is 0 Å². The van der Waals surface area contributed by atoms with Crippen molar-refractivity contribution in [2.24, 2.45) is 0 Å². The van der Waals surface area contributed by atoms with Gasteiger partial charge >= 0.3 is 0 Å². The highest BCUT2D eigenvalue weighted by atomic mass is 16.5. The number of hydrogen-bond acceptors (Lipinski definition) is 8. The number of aromatic nitrogens is 2. The fraction of sp³-hybridized carbons (Fsp3) is 0.375. The summed E-state index contributed by atoms with van der Waals surface area (Å²) in [6.45, 7) is 2.84. The molecular weight excluding hydrogens is 310 g/mol. The van der Waals surface area contributed by atoms with Crippen LogP contribution in [0.4, 0.5) is 23.0 Å². The van der Waals surface area contributed by atoms with Crippen molar-refractivity contribution in [1.82, 2.24) is 9.97 Å². The van der Waals surface area contributed by atoms with Gasteiger partial charge in [0.1, 0.15) is 23.5 Å². The quantitative estimate of drug-likeness (QED) is 0.854. The second kappa shape index (κ2) is 7.22. The molecule has 8 nitrogen and oxygen atoms in total. The van der Waals surface area contributed by atoms with Crippen LogP contribution >= 0.6 is 0 Å². The minimum Gasteiger partial charge on any atom is -0.497 e. The molecule has 1 fully saturated rings. The molecular formula is C16H21N5O3. The van der Waals surface area contributed by atoms with Crippen LogP contribution in [0.25, 0.3) is 0 Å². The third-order valence-electron chi connectivity index (χ3n) is 3.84. The first kappa shape index (κ1) is 16.1. The number of rotatable bonds is 5. The number of anilines is 4. The molecule has 8 heteroatoms. The summed E-state index contributed by atoms with van der Waals surface area (Å²) in [4.78, 5) is 10.7. The molecule has 24 heavy (non-hydrogen) atoms. The molecule has 2 heterocycles. The first-order chi connectivity index (χ1) is 11.7. The maximum absolute atomic E-state index is 6.27. The van der Waals surface area contributed by atoms with Crippen LogP contribution in [0, 0.1) is 0 Å². The molecule has 1 aromatic carbocycles. The minimum atomic E-state index is 0.497. The first-order valence-electron chi connectivity index (χ1n) is 7.65. The molecule has 0 unspecified atom stereocenters. The molecule has 3 N–H and O–H groups in total. The van der Waals surface area contributed by atoms with Crippen molar-refractivity contribution in [2.75, 3.05) is 56.5 Å². The zero-order chi connectivity index (χ0) is 16.9. The maximum Gasteiger partial charge on any atom is 0.159 e. The van der Waals surface area contributed by atoms with Crippen molar-refractivity contribution >= 4 is 23.0 Å². The second-order valence-corrected chi connectivity index (χ2v) is 5.25. The Morgan fingerprint density at radius 2 is 1.96 bits per heavy atom. The van der Waals surface area contributed by atoms with Gasteiger partial charge in [-0.3, -0.25) is 0 Å². The van der Waals surface area contributed by atoms with E-state index in [1.807, 2.05) is 12.1 Å². The van der Waals surface area contributed by atoms with Gasteiger partial charge < -0.3 is 30.2 Å². The summed E-state index contributed by atoms with van der Waals surface area (Å²) in [5.74, 6) is 2.60. The molecule has 0 amide bonds. The molecule has 1 aliphatic heterocycles. The van der Waals surface area contributed by atoms with Gasteiger partial charge in [-0.15, -0.1) is 0 Å². The summed E-state index contributed by atoms with van der Waals surface area (Å²) in [5, 5.41) is 3.21. The molecule has 0 saturated carbocycles. The predicted octanol–water partition coefficient (Wildman–Crippen LogP) is 1.66. The number of ether oxygens (including phenoxy) is 3. The number of nitrogens with one attached hydrogen (secondary N) is 1. The summed E-state index contributed by atoms with van der Waals surface area (Å²) in [6.07, 6.45) is 1.50. The lowest BCUT2D eigenvalue weighted by atomic mass is 10.2. The molecule has 128 valence electrons. The highest BCUT2D eigenvalue weighted by molar-refractivity contribution is 5.80. The molecule has 0 spiro atoms. The van der Waals surface area contributed by atoms with E-state index in [4.69, 9.17) is 19.9 Å². The van der Waals surface area contributed by atoms with Gasteiger partial charge in [-0.25, -0.2) is 9.97 Å². The first-order valence-corrected chi connectivity index (χ1v) is 7.65. The number of nitrogens with two attached hydrogens (primary N) is 1. The Morgan fingerprint density at radius 1 is 1.17 bits per heavy atom. The van der Waals surface area contributed by atoms with Crippen LogP contribution in [-0.2, 0) is 4.74 Å². The van der Waals surface area contributed by atoms with Crippen LogP contribution in [0.2, 0.25) is 0 Å². The summed E-state index contributed by atoms with van der Waals surface area (Å²) in [5.41, 5.74) is 7.52. The van der Waals surface area contributed by atoms with Crippen molar-refractivity contribution < 1.29 is 14.2 Å². The summed E-state index contributed by atoms with van der Waals surface area (Å²) in [7, 11) is 3.21. The third kappa shape index (κ3) is 3.28. The highest BCUT2D eigenvalue weighted by Crippen LogP contribution is 2.34. The fourth-order valence-electron chi connectivity index (χ4n) is 2.54. The zero-order valence-electron chi connectivity index (χ0n) is 13.8. The molecule has 2 aromatic rings. The average Bonchev–Trinajstić information content (AvgIpc) is 2.64. The Kier molecular flexibility index (Phi) is 4.85. The average molecular weight is 331 g/mol. The van der Waals surface area contributed by atoms with Crippen molar-refractivity contribution in [3.05, 3.63) is 24.5 Å². The smallest absolute Gasteiger partial charge is 0.159 e. The monoisotopic (exact) mass is 331 g/mol. The van der Waals surface area contributed by atoms with Gasteiger partial charge in [0.15, 0.2) is 11.6 Å². The van der Waals surface area contributed by atoms with Crippen LogP contribution in [0.5, 0.6) is 11.5 Å². The lowest BCUT2D eigenvalue weighted by molar-refractivity contribution is 0.122. The normalized spacial score (nSPS) is 14.3. The molecule has 3 rings (SSSR count). The van der Waals surface area contributed by atoms with E-state index in [9.17, 15) is 0 Å². The second-order valence-electron chi connectivity index (χ2n) is 5.25. The Labute approximate surface area is 140 Å². The number of hydrogen-bond donors (Lipinski definition) is 2. The van der Waals surface area contributed by atoms with E-state index in [2.05, 4.69) is 20.2 Å². The van der Waals surface area contributed by atoms with Crippen molar-refractivity contribution in [1.29, 1.82) is 0 Å². The molecule has 0 atom stereocenters. The van der Waals surface area contributed by atoms with E-state index in [1.54, 1.807) is 20.3 Å². The molecule has 1 aliphatic rings. The number of morpholine rings is 1. The van der Waals surface area contributed by atoms with E-state index in [0.29, 0.717) is 42.0 Å². The Bertz CT molecular complexity index is 704. The van der Waals surface area contributed by atoms with Gasteiger partial charge in [0.2, 0.25) is 0 Å². The number of nitrogens with zero attached hydrogens (tertiary/aromatic N) is 3. The van der Waals surface area contributed by atoms with Crippen LogP contribution in [0.3, 0.4) is 0 Å². The highest BCUT2D eigenvalue weighted by Gasteiger charge is 2.18. The molecule has 1 aromatic heterocycles.